The minimum Gasteiger partial charge on any atom is -0.357 e. The van der Waals surface area contributed by atoms with E-state index in [1.165, 1.54) is 37.9 Å². The normalized spacial score (nSPS) is 25.0. The average Bonchev–Trinajstić information content (AvgIpc) is 2.98. The van der Waals surface area contributed by atoms with Crippen molar-refractivity contribution in [2.24, 2.45) is 4.99 Å². The number of carbonyl (C=O) groups is 1. The maximum absolute atomic E-state index is 12.1. The van der Waals surface area contributed by atoms with Crippen molar-refractivity contribution in [1.82, 2.24) is 16.0 Å². The third-order valence-electron chi connectivity index (χ3n) is 4.63. The molecule has 0 aromatic heterocycles. The summed E-state index contributed by atoms with van der Waals surface area (Å²) in [4.78, 5) is 16.5. The lowest BCUT2D eigenvalue weighted by Gasteiger charge is -2.24. The summed E-state index contributed by atoms with van der Waals surface area (Å²) >= 11 is 2.03. The van der Waals surface area contributed by atoms with Crippen molar-refractivity contribution in [3.8, 4) is 0 Å². The largest absolute Gasteiger partial charge is 0.357 e. The molecule has 1 saturated carbocycles. The van der Waals surface area contributed by atoms with Gasteiger partial charge in [0.2, 0.25) is 5.91 Å². The molecule has 24 heavy (non-hydrogen) atoms. The number of aliphatic imine (C=N–C) groups is 1. The Morgan fingerprint density at radius 1 is 1.21 bits per heavy atom. The Hall–Kier alpha value is -0.180. The molecule has 2 fully saturated rings. The van der Waals surface area contributed by atoms with Crippen LogP contribution in [0.1, 0.15) is 58.8 Å². The molecule has 0 radical (unpaired) electrons. The van der Waals surface area contributed by atoms with E-state index in [9.17, 15) is 4.79 Å². The number of hydrogen-bond acceptors (Lipinski definition) is 3. The topological polar surface area (TPSA) is 65.5 Å². The van der Waals surface area contributed by atoms with E-state index in [0.717, 1.165) is 31.9 Å². The summed E-state index contributed by atoms with van der Waals surface area (Å²) in [5.74, 6) is 2.03. The molecule has 1 aliphatic heterocycles. The van der Waals surface area contributed by atoms with Crippen LogP contribution in [-0.4, -0.2) is 48.0 Å². The number of hydrogen-bond donors (Lipinski definition) is 3. The second kappa shape index (κ2) is 11.4. The minimum absolute atomic E-state index is 0. The van der Waals surface area contributed by atoms with E-state index in [1.54, 1.807) is 0 Å². The van der Waals surface area contributed by atoms with Crippen LogP contribution in [0.25, 0.3) is 0 Å². The van der Waals surface area contributed by atoms with Gasteiger partial charge in [0.15, 0.2) is 5.96 Å². The minimum atomic E-state index is 0. The molecule has 1 unspecified atom stereocenters. The zero-order valence-corrected chi connectivity index (χ0v) is 18.2. The molecule has 0 aromatic carbocycles. The fourth-order valence-electron chi connectivity index (χ4n) is 3.26. The van der Waals surface area contributed by atoms with Gasteiger partial charge in [-0.3, -0.25) is 4.79 Å². The lowest BCUT2D eigenvalue weighted by atomic mass is 9.95. The van der Waals surface area contributed by atoms with Gasteiger partial charge in [0.25, 0.3) is 0 Å². The summed E-state index contributed by atoms with van der Waals surface area (Å²) < 4.78 is 0.292. The fourth-order valence-corrected chi connectivity index (χ4v) is 4.50. The highest BCUT2D eigenvalue weighted by Crippen LogP contribution is 2.36. The zero-order valence-electron chi connectivity index (χ0n) is 15.0. The summed E-state index contributed by atoms with van der Waals surface area (Å²) in [5, 5.41) is 9.75. The van der Waals surface area contributed by atoms with Gasteiger partial charge in [-0.15, -0.1) is 24.0 Å². The maximum Gasteiger partial charge on any atom is 0.242 e. The van der Waals surface area contributed by atoms with Gasteiger partial charge in [-0.2, -0.15) is 11.8 Å². The van der Waals surface area contributed by atoms with Crippen LogP contribution in [0, 0.1) is 0 Å². The molecular weight excluding hydrogens is 435 g/mol. The van der Waals surface area contributed by atoms with Crippen LogP contribution in [0.2, 0.25) is 0 Å². The number of guanidine groups is 1. The molecule has 0 bridgehead atoms. The molecule has 140 valence electrons. The first-order valence-corrected chi connectivity index (χ1v) is 10.1. The van der Waals surface area contributed by atoms with Gasteiger partial charge in [-0.05, 0) is 45.3 Å². The van der Waals surface area contributed by atoms with Crippen LogP contribution in [0.3, 0.4) is 0 Å². The van der Waals surface area contributed by atoms with Gasteiger partial charge >= 0.3 is 0 Å². The van der Waals surface area contributed by atoms with Crippen molar-refractivity contribution in [1.29, 1.82) is 0 Å². The second-order valence-electron chi connectivity index (χ2n) is 6.85. The molecular formula is C17H33IN4OS. The Labute approximate surface area is 168 Å². The number of nitrogens with one attached hydrogen (secondary N) is 3. The highest BCUT2D eigenvalue weighted by Gasteiger charge is 2.29. The third kappa shape index (κ3) is 7.80. The van der Waals surface area contributed by atoms with E-state index < -0.39 is 0 Å². The molecule has 1 aliphatic carbocycles. The SMILES string of the molecule is CCNC(=NCC(=O)NC1CCCCC1)NCC1(C)CCCS1.I. The Kier molecular flexibility index (Phi) is 10.4. The van der Waals surface area contributed by atoms with Gasteiger partial charge in [-0.1, -0.05) is 19.3 Å². The molecule has 1 saturated heterocycles. The van der Waals surface area contributed by atoms with Crippen molar-refractivity contribution in [3.05, 3.63) is 0 Å². The molecule has 1 heterocycles. The predicted octanol–water partition coefficient (Wildman–Crippen LogP) is 2.89. The first kappa shape index (κ1) is 21.9. The monoisotopic (exact) mass is 468 g/mol. The van der Waals surface area contributed by atoms with E-state index in [2.05, 4.69) is 27.9 Å². The van der Waals surface area contributed by atoms with E-state index in [0.29, 0.717) is 10.8 Å². The number of carbonyl (C=O) groups excluding carboxylic acids is 1. The molecule has 1 amide bonds. The van der Waals surface area contributed by atoms with E-state index in [4.69, 9.17) is 0 Å². The Bertz CT molecular complexity index is 407. The number of halogens is 1. The number of thioether (sulfide) groups is 1. The Morgan fingerprint density at radius 3 is 2.58 bits per heavy atom. The number of rotatable bonds is 6. The summed E-state index contributed by atoms with van der Waals surface area (Å²) in [6, 6.07) is 0.357. The third-order valence-corrected chi connectivity index (χ3v) is 6.16. The van der Waals surface area contributed by atoms with E-state index in [-0.39, 0.29) is 36.4 Å². The molecule has 0 aromatic rings. The van der Waals surface area contributed by atoms with Crippen molar-refractivity contribution in [3.63, 3.8) is 0 Å². The van der Waals surface area contributed by atoms with Crippen molar-refractivity contribution < 1.29 is 4.79 Å². The molecule has 7 heteroatoms. The lowest BCUT2D eigenvalue weighted by molar-refractivity contribution is -0.120. The van der Waals surface area contributed by atoms with Crippen molar-refractivity contribution in [2.75, 3.05) is 25.4 Å². The zero-order chi connectivity index (χ0) is 16.5. The highest BCUT2D eigenvalue weighted by atomic mass is 127. The van der Waals surface area contributed by atoms with Gasteiger partial charge < -0.3 is 16.0 Å². The molecule has 1 atom stereocenters. The summed E-state index contributed by atoms with van der Waals surface area (Å²) in [7, 11) is 0. The quantitative estimate of drug-likeness (QED) is 0.319. The van der Waals surface area contributed by atoms with Gasteiger partial charge in [0.1, 0.15) is 6.54 Å². The van der Waals surface area contributed by atoms with Crippen molar-refractivity contribution in [2.45, 2.75) is 69.6 Å². The fraction of sp³-hybridized carbons (Fsp3) is 0.882. The van der Waals surface area contributed by atoms with Gasteiger partial charge in [-0.25, -0.2) is 4.99 Å². The highest BCUT2D eigenvalue weighted by molar-refractivity contribution is 14.0. The standard InChI is InChI=1S/C17H32N4OS.HI/c1-3-18-16(20-13-17(2)10-7-11-23-17)19-12-15(22)21-14-8-5-4-6-9-14;/h14H,3-13H2,1-2H3,(H,21,22)(H2,18,19,20);1H. The van der Waals surface area contributed by atoms with E-state index >= 15 is 0 Å². The Balaban J connectivity index is 0.00000288. The van der Waals surface area contributed by atoms with Crippen LogP contribution < -0.4 is 16.0 Å². The number of amides is 1. The lowest BCUT2D eigenvalue weighted by Crippen LogP contribution is -2.44. The van der Waals surface area contributed by atoms with Gasteiger partial charge in [0, 0.05) is 23.9 Å². The van der Waals surface area contributed by atoms with Crippen LogP contribution in [0.4, 0.5) is 0 Å². The molecule has 3 N–H and O–H groups in total. The van der Waals surface area contributed by atoms with E-state index in [1.807, 2.05) is 18.7 Å². The van der Waals surface area contributed by atoms with Crippen LogP contribution >= 0.6 is 35.7 Å². The summed E-state index contributed by atoms with van der Waals surface area (Å²) in [6.45, 7) is 6.26. The number of nitrogens with zero attached hydrogens (tertiary/aromatic N) is 1. The van der Waals surface area contributed by atoms with Crippen LogP contribution in [-0.2, 0) is 4.79 Å². The average molecular weight is 468 g/mol. The summed E-state index contributed by atoms with van der Waals surface area (Å²) in [6.07, 6.45) is 8.53. The smallest absolute Gasteiger partial charge is 0.242 e. The van der Waals surface area contributed by atoms with Crippen LogP contribution in [0.5, 0.6) is 0 Å². The van der Waals surface area contributed by atoms with Crippen LogP contribution in [0.15, 0.2) is 4.99 Å². The predicted molar refractivity (Wildman–Crippen MR) is 115 cm³/mol. The maximum atomic E-state index is 12.1. The molecule has 5 nitrogen and oxygen atoms in total. The first-order chi connectivity index (χ1) is 11.1. The summed E-state index contributed by atoms with van der Waals surface area (Å²) in [5.41, 5.74) is 0. The Morgan fingerprint density at radius 2 is 1.96 bits per heavy atom. The van der Waals surface area contributed by atoms with Crippen molar-refractivity contribution >= 4 is 47.6 Å². The second-order valence-corrected chi connectivity index (χ2v) is 8.54. The first-order valence-electron chi connectivity index (χ1n) is 9.07. The van der Waals surface area contributed by atoms with Gasteiger partial charge in [0.05, 0.1) is 0 Å². The molecule has 2 aliphatic rings. The molecule has 2 rings (SSSR count). The molecule has 0 spiro atoms.